The van der Waals surface area contributed by atoms with E-state index in [-0.39, 0.29) is 12.5 Å². The number of carbonyl (C=O) groups is 1. The van der Waals surface area contributed by atoms with Crippen LogP contribution in [-0.4, -0.2) is 19.1 Å². The molecule has 0 radical (unpaired) electrons. The highest BCUT2D eigenvalue weighted by atomic mass is 35.5. The summed E-state index contributed by atoms with van der Waals surface area (Å²) in [4.78, 5) is 13.5. The molecular weight excluding hydrogens is 252 g/mol. The second kappa shape index (κ2) is 5.14. The fourth-order valence-electron chi connectivity index (χ4n) is 1.74. The molecule has 18 heavy (non-hydrogen) atoms. The third-order valence-corrected chi connectivity index (χ3v) is 2.71. The summed E-state index contributed by atoms with van der Waals surface area (Å²) >= 11 is 5.49. The van der Waals surface area contributed by atoms with Gasteiger partial charge in [0.05, 0.1) is 12.2 Å². The maximum Gasteiger partial charge on any atom is 0.265 e. The number of anilines is 2. The Morgan fingerprint density at radius 1 is 1.61 bits per heavy atom. The number of carbonyl (C=O) groups excluding carboxylic acids is 1. The minimum absolute atomic E-state index is 0.00826. The topological polar surface area (TPSA) is 55.6 Å². The van der Waals surface area contributed by atoms with Gasteiger partial charge in [0.25, 0.3) is 5.91 Å². The lowest BCUT2D eigenvalue weighted by Crippen LogP contribution is -2.39. The first-order valence-corrected chi connectivity index (χ1v) is 5.82. The maximum atomic E-state index is 11.9. The molecule has 1 aromatic rings. The number of hydrogen-bond donors (Lipinski definition) is 1. The summed E-state index contributed by atoms with van der Waals surface area (Å²) < 4.78 is 5.34. The zero-order chi connectivity index (χ0) is 13.1. The van der Waals surface area contributed by atoms with E-state index >= 15 is 0 Å². The maximum absolute atomic E-state index is 11.9. The summed E-state index contributed by atoms with van der Waals surface area (Å²) in [6.45, 7) is 4.22. The molecule has 1 aromatic carbocycles. The molecule has 0 saturated carbocycles. The van der Waals surface area contributed by atoms with Gasteiger partial charge in [-0.1, -0.05) is 18.2 Å². The van der Waals surface area contributed by atoms with Gasteiger partial charge in [-0.3, -0.25) is 4.79 Å². The lowest BCUT2D eigenvalue weighted by molar-refractivity contribution is -0.121. The van der Waals surface area contributed by atoms with E-state index in [9.17, 15) is 4.79 Å². The van der Waals surface area contributed by atoms with E-state index in [0.717, 1.165) is 5.57 Å². The fourth-order valence-corrected chi connectivity index (χ4v) is 1.92. The van der Waals surface area contributed by atoms with Gasteiger partial charge in [0.15, 0.2) is 6.61 Å². The van der Waals surface area contributed by atoms with Crippen LogP contribution in [0.25, 0.3) is 0 Å². The van der Waals surface area contributed by atoms with Crippen molar-refractivity contribution in [1.82, 2.24) is 0 Å². The highest BCUT2D eigenvalue weighted by molar-refractivity contribution is 6.25. The average molecular weight is 265 g/mol. The largest absolute Gasteiger partial charge is 0.481 e. The molecule has 94 valence electrons. The highest BCUT2D eigenvalue weighted by Gasteiger charge is 2.25. The van der Waals surface area contributed by atoms with Crippen molar-refractivity contribution in [2.24, 2.45) is 0 Å². The summed E-state index contributed by atoms with van der Waals surface area (Å²) in [6.07, 6.45) is 1.65. The van der Waals surface area contributed by atoms with Gasteiger partial charge < -0.3 is 15.4 Å². The van der Waals surface area contributed by atoms with Crippen LogP contribution >= 0.6 is 11.6 Å². The molecule has 4 nitrogen and oxygen atoms in total. The van der Waals surface area contributed by atoms with Crippen LogP contribution < -0.4 is 15.4 Å². The Balaban J connectivity index is 2.30. The molecule has 0 aromatic heterocycles. The summed E-state index contributed by atoms with van der Waals surface area (Å²) in [5.41, 5.74) is 9.09. The first-order valence-electron chi connectivity index (χ1n) is 5.39. The van der Waals surface area contributed by atoms with Gasteiger partial charge in [0, 0.05) is 17.3 Å². The number of nitrogens with two attached hydrogens (primary N) is 1. The Kier molecular flexibility index (Phi) is 3.58. The molecule has 0 aliphatic carbocycles. The number of fused-ring (bicyclic) bond motifs is 1. The molecule has 0 spiro atoms. The number of hydrogen-bond acceptors (Lipinski definition) is 3. The summed E-state index contributed by atoms with van der Waals surface area (Å²) in [7, 11) is 0. The van der Waals surface area contributed by atoms with Gasteiger partial charge in [-0.05, 0) is 23.8 Å². The van der Waals surface area contributed by atoms with Crippen molar-refractivity contribution >= 4 is 28.9 Å². The molecular formula is C13H13ClN2O2. The van der Waals surface area contributed by atoms with Crippen LogP contribution in [-0.2, 0) is 4.79 Å². The molecule has 0 bridgehead atoms. The fraction of sp³-hybridized carbons (Fsp3) is 0.154. The van der Waals surface area contributed by atoms with Crippen LogP contribution in [0.15, 0.2) is 42.0 Å². The van der Waals surface area contributed by atoms with Crippen LogP contribution in [0.5, 0.6) is 5.75 Å². The smallest absolute Gasteiger partial charge is 0.265 e. The molecule has 0 fully saturated rings. The average Bonchev–Trinajstić information content (AvgIpc) is 2.33. The Morgan fingerprint density at radius 2 is 2.39 bits per heavy atom. The summed E-state index contributed by atoms with van der Waals surface area (Å²) in [6, 6.07) is 5.20. The standard InChI is InChI=1S/C13H13ClN2O2/c1-9(4-5-14)7-16-11-3-2-10(15)6-12(11)18-8-13(16)17/h2-6H,1,7-8,15H2/b5-4+. The molecule has 1 aliphatic rings. The first kappa shape index (κ1) is 12.5. The van der Waals surface area contributed by atoms with E-state index in [0.29, 0.717) is 23.7 Å². The van der Waals surface area contributed by atoms with Crippen molar-refractivity contribution in [1.29, 1.82) is 0 Å². The van der Waals surface area contributed by atoms with Gasteiger partial charge in [-0.2, -0.15) is 0 Å². The Labute approximate surface area is 110 Å². The normalized spacial score (nSPS) is 14.5. The lowest BCUT2D eigenvalue weighted by atomic mass is 10.2. The SMILES string of the molecule is C=C(/C=C/Cl)CN1C(=O)COc2cc(N)ccc21. The second-order valence-electron chi connectivity index (χ2n) is 3.95. The Morgan fingerprint density at radius 3 is 3.11 bits per heavy atom. The first-order chi connectivity index (χ1) is 8.61. The van der Waals surface area contributed by atoms with E-state index < -0.39 is 0 Å². The molecule has 5 heteroatoms. The molecule has 0 saturated heterocycles. The number of ether oxygens (including phenoxy) is 1. The summed E-state index contributed by atoms with van der Waals surface area (Å²) in [5.74, 6) is 0.494. The zero-order valence-electron chi connectivity index (χ0n) is 9.73. The Hall–Kier alpha value is -1.94. The quantitative estimate of drug-likeness (QED) is 0.673. The second-order valence-corrected chi connectivity index (χ2v) is 4.20. The minimum atomic E-state index is -0.114. The predicted octanol–water partition coefficient (Wildman–Crippen LogP) is 2.30. The van der Waals surface area contributed by atoms with Crippen molar-refractivity contribution in [3.05, 3.63) is 42.0 Å². The van der Waals surface area contributed by atoms with Gasteiger partial charge in [-0.15, -0.1) is 0 Å². The van der Waals surface area contributed by atoms with Crippen molar-refractivity contribution < 1.29 is 9.53 Å². The molecule has 0 atom stereocenters. The van der Waals surface area contributed by atoms with Crippen LogP contribution in [0.2, 0.25) is 0 Å². The number of benzene rings is 1. The van der Waals surface area contributed by atoms with Gasteiger partial charge in [0.2, 0.25) is 0 Å². The van der Waals surface area contributed by atoms with Gasteiger partial charge >= 0.3 is 0 Å². The molecule has 0 unspecified atom stereocenters. The van der Waals surface area contributed by atoms with E-state index in [1.54, 1.807) is 29.2 Å². The van der Waals surface area contributed by atoms with Crippen LogP contribution in [0.3, 0.4) is 0 Å². The van der Waals surface area contributed by atoms with Crippen molar-refractivity contribution in [3.63, 3.8) is 0 Å². The van der Waals surface area contributed by atoms with Gasteiger partial charge in [-0.25, -0.2) is 0 Å². The third-order valence-electron chi connectivity index (χ3n) is 2.59. The van der Waals surface area contributed by atoms with E-state index in [4.69, 9.17) is 22.1 Å². The molecule has 2 rings (SSSR count). The number of rotatable bonds is 3. The molecule has 2 N–H and O–H groups in total. The third kappa shape index (κ3) is 2.49. The summed E-state index contributed by atoms with van der Waals surface area (Å²) in [5, 5.41) is 0. The number of nitrogen functional groups attached to an aromatic ring is 1. The zero-order valence-corrected chi connectivity index (χ0v) is 10.5. The van der Waals surface area contributed by atoms with Crippen molar-refractivity contribution in [2.75, 3.05) is 23.8 Å². The highest BCUT2D eigenvalue weighted by Crippen LogP contribution is 2.34. The van der Waals surface area contributed by atoms with E-state index in [1.807, 2.05) is 0 Å². The lowest BCUT2D eigenvalue weighted by Gasteiger charge is -2.29. The predicted molar refractivity (Wildman–Crippen MR) is 72.8 cm³/mol. The monoisotopic (exact) mass is 264 g/mol. The number of halogens is 1. The van der Waals surface area contributed by atoms with Crippen LogP contribution in [0.4, 0.5) is 11.4 Å². The number of amides is 1. The molecule has 1 amide bonds. The number of nitrogens with zero attached hydrogens (tertiary/aromatic N) is 1. The van der Waals surface area contributed by atoms with E-state index in [2.05, 4.69) is 6.58 Å². The Bertz CT molecular complexity index is 526. The minimum Gasteiger partial charge on any atom is -0.481 e. The molecule has 1 aliphatic heterocycles. The van der Waals surface area contributed by atoms with Crippen LogP contribution in [0.1, 0.15) is 0 Å². The van der Waals surface area contributed by atoms with Gasteiger partial charge in [0.1, 0.15) is 5.75 Å². The van der Waals surface area contributed by atoms with Crippen molar-refractivity contribution in [3.8, 4) is 5.75 Å². The molecule has 1 heterocycles. The van der Waals surface area contributed by atoms with E-state index in [1.165, 1.54) is 5.54 Å². The van der Waals surface area contributed by atoms with Crippen molar-refractivity contribution in [2.45, 2.75) is 0 Å². The van der Waals surface area contributed by atoms with Crippen LogP contribution in [0, 0.1) is 0 Å².